The summed E-state index contributed by atoms with van der Waals surface area (Å²) in [5.74, 6) is 1.89. The number of carbonyl (C=O) groups excluding carboxylic acids is 1. The molecule has 5 aliphatic rings. The number of hydrogen-bond donors (Lipinski definition) is 0. The number of sulfonamides is 1. The zero-order chi connectivity index (χ0) is 23.5. The third-order valence-electron chi connectivity index (χ3n) is 8.42. The molecule has 2 aliphatic carbocycles. The topological polar surface area (TPSA) is 118 Å². The second-order valence-electron chi connectivity index (χ2n) is 11.3. The molecular weight excluding hydrogens is 458 g/mol. The van der Waals surface area contributed by atoms with Gasteiger partial charge in [0.25, 0.3) is 0 Å². The molecule has 0 atom stereocenters. The standard InChI is InChI=1S/C22H29N7O4S/c1-14-18(15(2)33-25-14)34(31,32)28-11-22(12-28)9-27(10-22)20(30)26-7-21(8-26)5-17(6-21)29-13-23-19(24-29)16-3-4-16/h13,16-17H,3-12H2,1-2H3. The van der Waals surface area contributed by atoms with E-state index in [1.165, 1.54) is 17.1 Å². The van der Waals surface area contributed by atoms with E-state index in [-0.39, 0.29) is 21.8 Å². The number of urea groups is 1. The van der Waals surface area contributed by atoms with Gasteiger partial charge in [0.1, 0.15) is 16.9 Å². The van der Waals surface area contributed by atoms with Crippen molar-refractivity contribution >= 4 is 16.1 Å². The van der Waals surface area contributed by atoms with Gasteiger partial charge in [-0.25, -0.2) is 22.9 Å². The lowest BCUT2D eigenvalue weighted by Gasteiger charge is -2.63. The molecule has 0 N–H and O–H groups in total. The highest BCUT2D eigenvalue weighted by molar-refractivity contribution is 7.89. The van der Waals surface area contributed by atoms with Gasteiger partial charge in [0.15, 0.2) is 11.6 Å². The summed E-state index contributed by atoms with van der Waals surface area (Å²) < 4.78 is 34.4. The molecule has 3 saturated heterocycles. The number of aromatic nitrogens is 4. The van der Waals surface area contributed by atoms with Crippen molar-refractivity contribution in [2.24, 2.45) is 10.8 Å². The molecule has 0 bridgehead atoms. The van der Waals surface area contributed by atoms with Gasteiger partial charge in [0.2, 0.25) is 10.0 Å². The number of nitrogens with zero attached hydrogens (tertiary/aromatic N) is 7. The molecule has 182 valence electrons. The maximum atomic E-state index is 12.9. The van der Waals surface area contributed by atoms with Crippen LogP contribution in [0.25, 0.3) is 0 Å². The van der Waals surface area contributed by atoms with E-state index in [9.17, 15) is 13.2 Å². The summed E-state index contributed by atoms with van der Waals surface area (Å²) in [5.41, 5.74) is 0.517. The molecule has 5 fully saturated rings. The van der Waals surface area contributed by atoms with Gasteiger partial charge in [-0.15, -0.1) is 0 Å². The minimum Gasteiger partial charge on any atom is -0.360 e. The molecule has 5 heterocycles. The molecule has 2 aromatic rings. The maximum Gasteiger partial charge on any atom is 0.320 e. The fourth-order valence-electron chi connectivity index (χ4n) is 6.42. The summed E-state index contributed by atoms with van der Waals surface area (Å²) in [6.07, 6.45) is 6.41. The van der Waals surface area contributed by atoms with Crippen LogP contribution in [0.1, 0.15) is 54.9 Å². The van der Waals surface area contributed by atoms with Gasteiger partial charge < -0.3 is 14.3 Å². The minimum atomic E-state index is -3.60. The first-order valence-corrected chi connectivity index (χ1v) is 13.5. The number of hydrogen-bond acceptors (Lipinski definition) is 7. The van der Waals surface area contributed by atoms with Crippen molar-refractivity contribution in [3.8, 4) is 0 Å². The van der Waals surface area contributed by atoms with Gasteiger partial charge >= 0.3 is 6.03 Å². The zero-order valence-electron chi connectivity index (χ0n) is 19.5. The lowest BCUT2D eigenvalue weighted by molar-refractivity contribution is -0.101. The molecular formula is C22H29N7O4S. The Morgan fingerprint density at radius 3 is 2.26 bits per heavy atom. The van der Waals surface area contributed by atoms with Gasteiger partial charge in [-0.1, -0.05) is 5.16 Å². The quantitative estimate of drug-likeness (QED) is 0.642. The van der Waals surface area contributed by atoms with Crippen molar-refractivity contribution in [2.45, 2.75) is 56.4 Å². The van der Waals surface area contributed by atoms with Crippen molar-refractivity contribution in [1.29, 1.82) is 0 Å². The summed E-state index contributed by atoms with van der Waals surface area (Å²) in [7, 11) is -3.60. The van der Waals surface area contributed by atoms with Crippen LogP contribution >= 0.6 is 0 Å². The van der Waals surface area contributed by atoms with Crippen molar-refractivity contribution < 1.29 is 17.7 Å². The van der Waals surface area contributed by atoms with Crippen LogP contribution in [-0.2, 0) is 10.0 Å². The van der Waals surface area contributed by atoms with Crippen molar-refractivity contribution in [3.63, 3.8) is 0 Å². The predicted molar refractivity (Wildman–Crippen MR) is 118 cm³/mol. The highest BCUT2D eigenvalue weighted by Gasteiger charge is 2.60. The van der Waals surface area contributed by atoms with Crippen LogP contribution in [-0.4, -0.2) is 87.7 Å². The van der Waals surface area contributed by atoms with Crippen LogP contribution < -0.4 is 0 Å². The van der Waals surface area contributed by atoms with E-state index in [0.29, 0.717) is 49.6 Å². The molecule has 34 heavy (non-hydrogen) atoms. The van der Waals surface area contributed by atoms with Crippen molar-refractivity contribution in [1.82, 2.24) is 34.0 Å². The van der Waals surface area contributed by atoms with Crippen LogP contribution in [0.15, 0.2) is 15.7 Å². The number of carbonyl (C=O) groups is 1. The summed E-state index contributed by atoms with van der Waals surface area (Å²) in [4.78, 5) is 21.4. The van der Waals surface area contributed by atoms with Crippen LogP contribution in [0.5, 0.6) is 0 Å². The lowest BCUT2D eigenvalue weighted by Crippen LogP contribution is -2.76. The van der Waals surface area contributed by atoms with Gasteiger partial charge in [-0.2, -0.15) is 9.40 Å². The molecule has 2 saturated carbocycles. The zero-order valence-corrected chi connectivity index (χ0v) is 20.3. The number of aryl methyl sites for hydroxylation is 2. The fraction of sp³-hybridized carbons (Fsp3) is 0.727. The summed E-state index contributed by atoms with van der Waals surface area (Å²) in [6, 6.07) is 0.494. The van der Waals surface area contributed by atoms with E-state index in [4.69, 9.17) is 4.52 Å². The first-order chi connectivity index (χ1) is 16.2. The highest BCUT2D eigenvalue weighted by Crippen LogP contribution is 2.54. The summed E-state index contributed by atoms with van der Waals surface area (Å²) >= 11 is 0. The Morgan fingerprint density at radius 2 is 1.68 bits per heavy atom. The lowest BCUT2D eigenvalue weighted by atomic mass is 9.60. The molecule has 0 unspecified atom stereocenters. The maximum absolute atomic E-state index is 12.9. The Hall–Kier alpha value is -2.47. The third kappa shape index (κ3) is 2.93. The molecule has 7 rings (SSSR count). The predicted octanol–water partition coefficient (Wildman–Crippen LogP) is 1.52. The summed E-state index contributed by atoms with van der Waals surface area (Å²) in [6.45, 7) is 7.00. The van der Waals surface area contributed by atoms with Gasteiger partial charge in [-0.3, -0.25) is 0 Å². The van der Waals surface area contributed by atoms with Crippen molar-refractivity contribution in [2.75, 3.05) is 39.3 Å². The second-order valence-corrected chi connectivity index (χ2v) is 13.2. The van der Waals surface area contributed by atoms with E-state index in [1.54, 1.807) is 13.8 Å². The van der Waals surface area contributed by atoms with E-state index in [0.717, 1.165) is 31.8 Å². The number of amides is 2. The Bertz CT molecular complexity index is 1250. The van der Waals surface area contributed by atoms with E-state index >= 15 is 0 Å². The average molecular weight is 488 g/mol. The first-order valence-electron chi connectivity index (χ1n) is 12.1. The first kappa shape index (κ1) is 20.9. The van der Waals surface area contributed by atoms with Gasteiger partial charge in [0, 0.05) is 56.0 Å². The van der Waals surface area contributed by atoms with Gasteiger partial charge in [-0.05, 0) is 39.5 Å². The van der Waals surface area contributed by atoms with E-state index < -0.39 is 10.0 Å². The minimum absolute atomic E-state index is 0.0866. The van der Waals surface area contributed by atoms with Crippen LogP contribution in [0.2, 0.25) is 0 Å². The van der Waals surface area contributed by atoms with Crippen LogP contribution in [0.4, 0.5) is 4.79 Å². The second kappa shape index (κ2) is 6.60. The van der Waals surface area contributed by atoms with Gasteiger partial charge in [0.05, 0.1) is 6.04 Å². The van der Waals surface area contributed by atoms with Crippen LogP contribution in [0, 0.1) is 24.7 Å². The molecule has 2 spiro atoms. The monoisotopic (exact) mass is 487 g/mol. The Kier molecular flexibility index (Phi) is 4.05. The molecule has 2 aromatic heterocycles. The van der Waals surface area contributed by atoms with E-state index in [1.807, 2.05) is 20.8 Å². The normalized spacial score (nSPS) is 25.7. The van der Waals surface area contributed by atoms with Crippen LogP contribution in [0.3, 0.4) is 0 Å². The van der Waals surface area contributed by atoms with E-state index in [2.05, 4.69) is 15.2 Å². The smallest absolute Gasteiger partial charge is 0.320 e. The third-order valence-corrected chi connectivity index (χ3v) is 10.5. The molecule has 3 aliphatic heterocycles. The molecule has 0 radical (unpaired) electrons. The summed E-state index contributed by atoms with van der Waals surface area (Å²) in [5, 5.41) is 8.44. The largest absolute Gasteiger partial charge is 0.360 e. The molecule has 2 amide bonds. The molecule has 11 nitrogen and oxygen atoms in total. The number of likely N-dealkylation sites (tertiary alicyclic amines) is 2. The molecule has 0 aromatic carbocycles. The van der Waals surface area contributed by atoms with Crippen molar-refractivity contribution in [3.05, 3.63) is 23.6 Å². The highest BCUT2D eigenvalue weighted by atomic mass is 32.2. The Labute approximate surface area is 198 Å². The fourth-order valence-corrected chi connectivity index (χ4v) is 8.38. The Balaban J connectivity index is 0.893. The number of rotatable bonds is 4. The molecule has 12 heteroatoms. The average Bonchev–Trinajstić information content (AvgIpc) is 3.29. The SMILES string of the molecule is Cc1noc(C)c1S(=O)(=O)N1CC2(CN(C(=O)N3CC4(CC(n5cnc(C6CC6)n5)C4)C3)C2)C1. The Morgan fingerprint density at radius 1 is 1.03 bits per heavy atom.